The van der Waals surface area contributed by atoms with E-state index in [9.17, 15) is 4.79 Å². The Balaban J connectivity index is 2.44. The van der Waals surface area contributed by atoms with E-state index in [1.54, 1.807) is 0 Å². The number of rotatable bonds is 2. The molecular weight excluding hydrogens is 242 g/mol. The first-order chi connectivity index (χ1) is 6.47. The number of fused-ring (bicyclic) bond motifs is 2. The van der Waals surface area contributed by atoms with E-state index in [0.29, 0.717) is 5.92 Å². The molecule has 0 unspecified atom stereocenters. The molecule has 0 aliphatic heterocycles. The lowest BCUT2D eigenvalue weighted by atomic mass is 9.68. The molecule has 0 heterocycles. The van der Waals surface area contributed by atoms with E-state index in [1.807, 2.05) is 0 Å². The summed E-state index contributed by atoms with van der Waals surface area (Å²) >= 11 is 3.53. The number of carbonyl (C=O) groups is 1. The highest BCUT2D eigenvalue weighted by molar-refractivity contribution is 9.09. The van der Waals surface area contributed by atoms with Crippen LogP contribution < -0.4 is 5.73 Å². The Bertz CT molecular complexity index is 314. The molecule has 0 aromatic carbocycles. The average molecular weight is 258 g/mol. The maximum atomic E-state index is 11.5. The minimum absolute atomic E-state index is 0.0767. The normalized spacial score (nSPS) is 45.9. The predicted octanol–water partition coefficient (Wildman–Crippen LogP) is 2.23. The first-order valence-electron chi connectivity index (χ1n) is 5.03. The van der Waals surface area contributed by atoms with E-state index in [4.69, 9.17) is 5.73 Å². The van der Waals surface area contributed by atoms with Gasteiger partial charge in [-0.2, -0.15) is 0 Å². The van der Waals surface area contributed by atoms with E-state index in [1.165, 1.54) is 0 Å². The fourth-order valence-corrected chi connectivity index (χ4v) is 4.01. The Morgan fingerprint density at radius 1 is 1.79 bits per heavy atom. The molecular formula is C11H16BrNO. The number of primary amides is 1. The van der Waals surface area contributed by atoms with Gasteiger partial charge in [0.2, 0.25) is 5.91 Å². The third-order valence-electron chi connectivity index (χ3n) is 4.43. The zero-order valence-electron chi connectivity index (χ0n) is 8.48. The van der Waals surface area contributed by atoms with Gasteiger partial charge >= 0.3 is 0 Å². The van der Waals surface area contributed by atoms with Crippen molar-refractivity contribution in [1.82, 2.24) is 0 Å². The Morgan fingerprint density at radius 3 is 2.79 bits per heavy atom. The molecule has 2 N–H and O–H groups in total. The van der Waals surface area contributed by atoms with Crippen molar-refractivity contribution in [2.24, 2.45) is 22.5 Å². The van der Waals surface area contributed by atoms with Gasteiger partial charge in [-0.25, -0.2) is 0 Å². The lowest BCUT2D eigenvalue weighted by Crippen LogP contribution is -2.39. The first kappa shape index (κ1) is 10.2. The molecule has 1 amide bonds. The van der Waals surface area contributed by atoms with Crippen LogP contribution in [0.2, 0.25) is 0 Å². The third kappa shape index (κ3) is 0.940. The maximum Gasteiger partial charge on any atom is 0.227 e. The van der Waals surface area contributed by atoms with Crippen LogP contribution in [0.25, 0.3) is 0 Å². The van der Waals surface area contributed by atoms with Crippen molar-refractivity contribution in [3.8, 4) is 0 Å². The molecule has 0 aromatic rings. The van der Waals surface area contributed by atoms with Crippen molar-refractivity contribution in [2.45, 2.75) is 26.2 Å². The van der Waals surface area contributed by atoms with Crippen molar-refractivity contribution >= 4 is 21.8 Å². The third-order valence-corrected chi connectivity index (χ3v) is 5.60. The molecule has 0 saturated heterocycles. The van der Waals surface area contributed by atoms with Gasteiger partial charge in [-0.3, -0.25) is 4.79 Å². The number of halogens is 1. The standard InChI is InChI=1S/C11H16BrNO/c1-7-10(2,6-12)8-3-4-11(7,5-8)9(13)14/h8H,1,3-6H2,2H3,(H2,13,14)/t8-,10+,11-/m1/s1. The smallest absolute Gasteiger partial charge is 0.227 e. The summed E-state index contributed by atoms with van der Waals surface area (Å²) in [7, 11) is 0. The summed E-state index contributed by atoms with van der Waals surface area (Å²) in [5.74, 6) is 0.413. The van der Waals surface area contributed by atoms with Crippen LogP contribution in [-0.2, 0) is 4.79 Å². The molecule has 2 bridgehead atoms. The molecule has 3 heteroatoms. The van der Waals surface area contributed by atoms with E-state index in [-0.39, 0.29) is 16.7 Å². The van der Waals surface area contributed by atoms with Crippen LogP contribution in [0.3, 0.4) is 0 Å². The van der Waals surface area contributed by atoms with Crippen molar-refractivity contribution in [2.75, 3.05) is 5.33 Å². The molecule has 0 aromatic heterocycles. The summed E-state index contributed by atoms with van der Waals surface area (Å²) in [6, 6.07) is 0. The van der Waals surface area contributed by atoms with Crippen LogP contribution in [0.4, 0.5) is 0 Å². The number of amides is 1. The lowest BCUT2D eigenvalue weighted by molar-refractivity contribution is -0.125. The summed E-state index contributed by atoms with van der Waals surface area (Å²) in [6.45, 7) is 6.32. The Morgan fingerprint density at radius 2 is 2.43 bits per heavy atom. The van der Waals surface area contributed by atoms with Crippen LogP contribution >= 0.6 is 15.9 Å². The van der Waals surface area contributed by atoms with Crippen molar-refractivity contribution in [3.05, 3.63) is 12.2 Å². The van der Waals surface area contributed by atoms with Crippen LogP contribution in [0.5, 0.6) is 0 Å². The van der Waals surface area contributed by atoms with Crippen LogP contribution in [-0.4, -0.2) is 11.2 Å². The molecule has 2 aliphatic carbocycles. The summed E-state index contributed by atoms with van der Waals surface area (Å²) in [4.78, 5) is 11.5. The van der Waals surface area contributed by atoms with Gasteiger partial charge in [0.25, 0.3) is 0 Å². The summed E-state index contributed by atoms with van der Waals surface area (Å²) in [6.07, 6.45) is 2.95. The van der Waals surface area contributed by atoms with Crippen molar-refractivity contribution in [3.63, 3.8) is 0 Å². The Kier molecular flexibility index (Phi) is 2.08. The molecule has 2 fully saturated rings. The lowest BCUT2D eigenvalue weighted by Gasteiger charge is -2.37. The van der Waals surface area contributed by atoms with Gasteiger partial charge in [0, 0.05) is 10.7 Å². The first-order valence-corrected chi connectivity index (χ1v) is 6.15. The van der Waals surface area contributed by atoms with Crippen LogP contribution in [0.15, 0.2) is 12.2 Å². The predicted molar refractivity (Wildman–Crippen MR) is 60.0 cm³/mol. The number of hydrogen-bond acceptors (Lipinski definition) is 1. The molecule has 2 rings (SSSR count). The second-order valence-corrected chi connectivity index (χ2v) is 5.48. The Labute approximate surface area is 93.1 Å². The number of alkyl halides is 1. The second-order valence-electron chi connectivity index (χ2n) is 4.92. The second kappa shape index (κ2) is 2.84. The highest BCUT2D eigenvalue weighted by Crippen LogP contribution is 2.65. The summed E-state index contributed by atoms with van der Waals surface area (Å²) in [5, 5.41) is 0.887. The molecule has 78 valence electrons. The summed E-state index contributed by atoms with van der Waals surface area (Å²) < 4.78 is 0. The number of nitrogens with two attached hydrogens (primary N) is 1. The van der Waals surface area contributed by atoms with Gasteiger partial charge in [-0.15, -0.1) is 0 Å². The Hall–Kier alpha value is -0.310. The molecule has 2 nitrogen and oxygen atoms in total. The molecule has 0 spiro atoms. The quantitative estimate of drug-likeness (QED) is 0.599. The van der Waals surface area contributed by atoms with E-state index in [2.05, 4.69) is 29.4 Å². The van der Waals surface area contributed by atoms with Gasteiger partial charge in [0.05, 0.1) is 5.41 Å². The SMILES string of the molecule is C=C1[C@@]2(C(N)=O)CC[C@H](C2)[C@@]1(C)CBr. The van der Waals surface area contributed by atoms with Crippen molar-refractivity contribution < 1.29 is 4.79 Å². The van der Waals surface area contributed by atoms with Gasteiger partial charge < -0.3 is 5.73 Å². The van der Waals surface area contributed by atoms with Crippen LogP contribution in [0.1, 0.15) is 26.2 Å². The zero-order valence-corrected chi connectivity index (χ0v) is 10.1. The van der Waals surface area contributed by atoms with Gasteiger partial charge in [-0.05, 0) is 25.2 Å². The van der Waals surface area contributed by atoms with Crippen LogP contribution in [0, 0.1) is 16.7 Å². The maximum absolute atomic E-state index is 11.5. The van der Waals surface area contributed by atoms with Gasteiger partial charge in [-0.1, -0.05) is 35.0 Å². The van der Waals surface area contributed by atoms with E-state index < -0.39 is 0 Å². The number of carbonyl (C=O) groups excluding carboxylic acids is 1. The minimum atomic E-state index is -0.382. The van der Waals surface area contributed by atoms with Crippen molar-refractivity contribution in [1.29, 1.82) is 0 Å². The molecule has 0 radical (unpaired) electrons. The van der Waals surface area contributed by atoms with E-state index >= 15 is 0 Å². The van der Waals surface area contributed by atoms with Gasteiger partial charge in [0.15, 0.2) is 0 Å². The zero-order chi connectivity index (χ0) is 10.6. The average Bonchev–Trinajstić information content (AvgIpc) is 2.67. The molecule has 2 aliphatic rings. The molecule has 14 heavy (non-hydrogen) atoms. The molecule has 2 saturated carbocycles. The topological polar surface area (TPSA) is 43.1 Å². The minimum Gasteiger partial charge on any atom is -0.369 e. The fourth-order valence-electron chi connectivity index (χ4n) is 3.22. The largest absolute Gasteiger partial charge is 0.369 e. The number of hydrogen-bond donors (Lipinski definition) is 1. The monoisotopic (exact) mass is 257 g/mol. The van der Waals surface area contributed by atoms with Gasteiger partial charge in [0.1, 0.15) is 0 Å². The van der Waals surface area contributed by atoms with E-state index in [0.717, 1.165) is 30.2 Å². The molecule has 3 atom stereocenters. The highest BCUT2D eigenvalue weighted by Gasteiger charge is 2.61. The summed E-state index contributed by atoms with van der Waals surface area (Å²) in [5.41, 5.74) is 6.28. The highest BCUT2D eigenvalue weighted by atomic mass is 79.9. The fraction of sp³-hybridized carbons (Fsp3) is 0.727.